The molecule has 1 heterocycles. The summed E-state index contributed by atoms with van der Waals surface area (Å²) in [4.78, 5) is 4.28. The number of nitrogens with one attached hydrogen (secondary N) is 1. The molecule has 0 aromatic heterocycles. The molecule has 0 aromatic rings. The summed E-state index contributed by atoms with van der Waals surface area (Å²) in [5.74, 6) is 1.18. The van der Waals surface area contributed by atoms with Crippen molar-refractivity contribution in [3.05, 3.63) is 0 Å². The van der Waals surface area contributed by atoms with Gasteiger partial charge in [0.15, 0.2) is 5.11 Å². The lowest BCUT2D eigenvalue weighted by Crippen LogP contribution is -2.51. The van der Waals surface area contributed by atoms with Gasteiger partial charge in [-0.2, -0.15) is 0 Å². The third-order valence-corrected chi connectivity index (χ3v) is 3.98. The Morgan fingerprint density at radius 2 is 2.25 bits per heavy atom. The van der Waals surface area contributed by atoms with E-state index in [4.69, 9.17) is 18.0 Å². The summed E-state index contributed by atoms with van der Waals surface area (Å²) in [6.45, 7) is 3.05. The smallest absolute Gasteiger partial charge is 0.168 e. The Morgan fingerprint density at radius 3 is 2.75 bits per heavy atom. The van der Waals surface area contributed by atoms with Gasteiger partial charge in [-0.3, -0.25) is 5.32 Å². The highest BCUT2D eigenvalue weighted by Crippen LogP contribution is 2.18. The average molecular weight is 262 g/mol. The van der Waals surface area contributed by atoms with Crippen molar-refractivity contribution in [3.8, 4) is 0 Å². The molecule has 4 nitrogen and oxygen atoms in total. The summed E-state index contributed by atoms with van der Waals surface area (Å²) in [7, 11) is 4.16. The zero-order valence-corrected chi connectivity index (χ0v) is 11.7. The molecule has 1 aliphatic rings. The van der Waals surface area contributed by atoms with E-state index in [-0.39, 0.29) is 5.50 Å². The average Bonchev–Trinajstić information content (AvgIpc) is 2.25. The molecule has 1 aliphatic heterocycles. The first kappa shape index (κ1) is 14.0. The van der Waals surface area contributed by atoms with Crippen molar-refractivity contribution in [2.24, 2.45) is 5.73 Å². The summed E-state index contributed by atoms with van der Waals surface area (Å²) in [6.07, 6.45) is 2.31. The van der Waals surface area contributed by atoms with Crippen molar-refractivity contribution < 1.29 is 0 Å². The minimum absolute atomic E-state index is 0.272. The van der Waals surface area contributed by atoms with E-state index in [9.17, 15) is 0 Å². The van der Waals surface area contributed by atoms with Gasteiger partial charge in [0.25, 0.3) is 0 Å². The van der Waals surface area contributed by atoms with Gasteiger partial charge in [-0.1, -0.05) is 0 Å². The summed E-state index contributed by atoms with van der Waals surface area (Å²) in [5.41, 5.74) is 6.05. The SMILES string of the molecule is CN(C)CCCN(C(N)=S)C1NCCCS1. The summed E-state index contributed by atoms with van der Waals surface area (Å²) in [6, 6.07) is 0. The molecule has 1 unspecified atom stereocenters. The number of nitrogens with two attached hydrogens (primary N) is 1. The van der Waals surface area contributed by atoms with Crippen LogP contribution in [0.3, 0.4) is 0 Å². The molecular formula is C10H22N4S2. The summed E-state index contributed by atoms with van der Waals surface area (Å²) in [5, 5.41) is 3.95. The molecule has 0 aromatic carbocycles. The van der Waals surface area contributed by atoms with Gasteiger partial charge in [0.05, 0.1) is 0 Å². The van der Waals surface area contributed by atoms with Crippen LogP contribution in [0.25, 0.3) is 0 Å². The molecule has 1 fully saturated rings. The van der Waals surface area contributed by atoms with Gasteiger partial charge in [0.1, 0.15) is 5.50 Å². The van der Waals surface area contributed by atoms with Gasteiger partial charge >= 0.3 is 0 Å². The number of rotatable bonds is 5. The first-order chi connectivity index (χ1) is 7.61. The molecule has 0 amide bonds. The zero-order chi connectivity index (χ0) is 12.0. The largest absolute Gasteiger partial charge is 0.376 e. The first-order valence-electron chi connectivity index (χ1n) is 5.67. The van der Waals surface area contributed by atoms with Crippen molar-refractivity contribution in [2.75, 3.05) is 39.5 Å². The van der Waals surface area contributed by atoms with Crippen LogP contribution in [0.4, 0.5) is 0 Å². The van der Waals surface area contributed by atoms with Crippen LogP contribution >= 0.6 is 24.0 Å². The van der Waals surface area contributed by atoms with Crippen LogP contribution in [0.5, 0.6) is 0 Å². The van der Waals surface area contributed by atoms with Crippen LogP contribution in [0.1, 0.15) is 12.8 Å². The molecule has 3 N–H and O–H groups in total. The fraction of sp³-hybridized carbons (Fsp3) is 0.900. The fourth-order valence-electron chi connectivity index (χ4n) is 1.65. The number of hydrogen-bond donors (Lipinski definition) is 2. The van der Waals surface area contributed by atoms with Crippen LogP contribution in [0.15, 0.2) is 0 Å². The number of thiocarbonyl (C=S) groups is 1. The van der Waals surface area contributed by atoms with E-state index in [2.05, 4.69) is 29.2 Å². The number of thioether (sulfide) groups is 1. The molecule has 94 valence electrons. The lowest BCUT2D eigenvalue weighted by molar-refractivity contribution is 0.312. The van der Waals surface area contributed by atoms with Gasteiger partial charge in [-0.15, -0.1) is 11.8 Å². The van der Waals surface area contributed by atoms with Crippen molar-refractivity contribution in [1.82, 2.24) is 15.1 Å². The molecule has 0 saturated carbocycles. The second-order valence-electron chi connectivity index (χ2n) is 4.22. The van der Waals surface area contributed by atoms with Crippen molar-refractivity contribution in [2.45, 2.75) is 18.3 Å². The Labute approximate surface area is 108 Å². The predicted octanol–water partition coefficient (Wildman–Crippen LogP) is 0.494. The lowest BCUT2D eigenvalue weighted by atomic mass is 10.4. The highest BCUT2D eigenvalue weighted by Gasteiger charge is 2.21. The van der Waals surface area contributed by atoms with E-state index in [0.29, 0.717) is 5.11 Å². The Bertz CT molecular complexity index is 217. The van der Waals surface area contributed by atoms with Crippen LogP contribution in [0, 0.1) is 0 Å². The van der Waals surface area contributed by atoms with Gasteiger partial charge in [0.2, 0.25) is 0 Å². The molecule has 1 atom stereocenters. The van der Waals surface area contributed by atoms with Gasteiger partial charge in [-0.05, 0) is 58.0 Å². The van der Waals surface area contributed by atoms with Crippen LogP contribution in [0.2, 0.25) is 0 Å². The molecule has 0 aliphatic carbocycles. The molecule has 1 rings (SSSR count). The van der Waals surface area contributed by atoms with Crippen molar-refractivity contribution >= 4 is 29.1 Å². The van der Waals surface area contributed by atoms with E-state index in [1.807, 2.05) is 11.8 Å². The Hall–Kier alpha value is -0.0400. The minimum Gasteiger partial charge on any atom is -0.376 e. The maximum atomic E-state index is 5.77. The van der Waals surface area contributed by atoms with E-state index in [1.54, 1.807) is 0 Å². The Balaban J connectivity index is 2.37. The maximum Gasteiger partial charge on any atom is 0.168 e. The third kappa shape index (κ3) is 4.86. The molecule has 16 heavy (non-hydrogen) atoms. The summed E-state index contributed by atoms with van der Waals surface area (Å²) < 4.78 is 0. The number of hydrogen-bond acceptors (Lipinski definition) is 4. The van der Waals surface area contributed by atoms with E-state index < -0.39 is 0 Å². The Morgan fingerprint density at radius 1 is 1.50 bits per heavy atom. The minimum atomic E-state index is 0.272. The standard InChI is InChI=1S/C10H22N4S2/c1-13(2)6-4-7-14(9(11)15)10-12-5-3-8-16-10/h10,12H,3-8H2,1-2H3,(H2,11,15). The monoisotopic (exact) mass is 262 g/mol. The third-order valence-electron chi connectivity index (χ3n) is 2.49. The topological polar surface area (TPSA) is 44.5 Å². The van der Waals surface area contributed by atoms with Crippen LogP contribution in [-0.2, 0) is 0 Å². The van der Waals surface area contributed by atoms with Crippen LogP contribution in [-0.4, -0.2) is 59.9 Å². The molecule has 0 spiro atoms. The lowest BCUT2D eigenvalue weighted by Gasteiger charge is -2.35. The highest BCUT2D eigenvalue weighted by molar-refractivity contribution is 7.99. The van der Waals surface area contributed by atoms with Gasteiger partial charge in [-0.25, -0.2) is 0 Å². The second kappa shape index (κ2) is 7.32. The fourth-order valence-corrected chi connectivity index (χ4v) is 3.08. The molecule has 6 heteroatoms. The second-order valence-corrected chi connectivity index (χ2v) is 5.83. The summed E-state index contributed by atoms with van der Waals surface area (Å²) >= 11 is 7.01. The van der Waals surface area contributed by atoms with Crippen molar-refractivity contribution in [1.29, 1.82) is 0 Å². The quantitative estimate of drug-likeness (QED) is 0.703. The molecule has 0 bridgehead atoms. The van der Waals surface area contributed by atoms with Crippen LogP contribution < -0.4 is 11.1 Å². The van der Waals surface area contributed by atoms with E-state index in [1.165, 1.54) is 12.2 Å². The molecular weight excluding hydrogens is 240 g/mol. The Kier molecular flexibility index (Phi) is 6.41. The molecule has 0 radical (unpaired) electrons. The van der Waals surface area contributed by atoms with E-state index >= 15 is 0 Å². The normalized spacial score (nSPS) is 21.1. The molecule has 1 saturated heterocycles. The van der Waals surface area contributed by atoms with Gasteiger partial charge < -0.3 is 15.5 Å². The maximum absolute atomic E-state index is 5.77. The highest BCUT2D eigenvalue weighted by atomic mass is 32.2. The first-order valence-corrected chi connectivity index (χ1v) is 7.13. The predicted molar refractivity (Wildman–Crippen MR) is 75.5 cm³/mol. The zero-order valence-electron chi connectivity index (χ0n) is 10.1. The van der Waals surface area contributed by atoms with Crippen molar-refractivity contribution in [3.63, 3.8) is 0 Å². The van der Waals surface area contributed by atoms with E-state index in [0.717, 1.165) is 26.1 Å². The number of nitrogens with zero attached hydrogens (tertiary/aromatic N) is 2. The van der Waals surface area contributed by atoms with Gasteiger partial charge in [0, 0.05) is 6.54 Å².